The Labute approximate surface area is 99.3 Å². The SMILES string of the molecule is N[C@@H](CO)c1nc(CCc2ccccc2)no1. The standard InChI is InChI=1S/C12H15N3O2/c13-10(8-16)12-14-11(15-17-12)7-6-9-4-2-1-3-5-9/h1-5,10,16H,6-8,13H2/t10-/m0/s1. The molecule has 0 bridgehead atoms. The third kappa shape index (κ3) is 3.12. The molecule has 5 heteroatoms. The van der Waals surface area contributed by atoms with Crippen LogP contribution in [0.3, 0.4) is 0 Å². The number of benzene rings is 1. The summed E-state index contributed by atoms with van der Waals surface area (Å²) < 4.78 is 4.96. The van der Waals surface area contributed by atoms with Crippen LogP contribution in [0.5, 0.6) is 0 Å². The van der Waals surface area contributed by atoms with Crippen LogP contribution >= 0.6 is 0 Å². The van der Waals surface area contributed by atoms with Gasteiger partial charge in [0.25, 0.3) is 0 Å². The minimum absolute atomic E-state index is 0.194. The number of nitrogens with zero attached hydrogens (tertiary/aromatic N) is 2. The second kappa shape index (κ2) is 5.56. The Morgan fingerprint density at radius 2 is 2.00 bits per heavy atom. The molecule has 2 rings (SSSR count). The molecule has 5 nitrogen and oxygen atoms in total. The van der Waals surface area contributed by atoms with Crippen LogP contribution < -0.4 is 5.73 Å². The highest BCUT2D eigenvalue weighted by Crippen LogP contribution is 2.09. The monoisotopic (exact) mass is 233 g/mol. The molecule has 0 saturated heterocycles. The molecule has 1 heterocycles. The molecule has 2 aromatic rings. The van der Waals surface area contributed by atoms with Crippen LogP contribution in [0.1, 0.15) is 23.3 Å². The van der Waals surface area contributed by atoms with Crippen molar-refractivity contribution < 1.29 is 9.63 Å². The van der Waals surface area contributed by atoms with Gasteiger partial charge in [-0.25, -0.2) is 0 Å². The van der Waals surface area contributed by atoms with Crippen LogP contribution in [-0.2, 0) is 12.8 Å². The number of hydrogen-bond acceptors (Lipinski definition) is 5. The number of hydrogen-bond donors (Lipinski definition) is 2. The highest BCUT2D eigenvalue weighted by atomic mass is 16.5. The van der Waals surface area contributed by atoms with E-state index in [0.29, 0.717) is 12.2 Å². The number of aliphatic hydroxyl groups excluding tert-OH is 1. The van der Waals surface area contributed by atoms with Crippen molar-refractivity contribution in [1.82, 2.24) is 10.1 Å². The van der Waals surface area contributed by atoms with Crippen LogP contribution in [0.2, 0.25) is 0 Å². The van der Waals surface area contributed by atoms with Crippen LogP contribution in [0, 0.1) is 0 Å². The minimum atomic E-state index is -0.590. The summed E-state index contributed by atoms with van der Waals surface area (Å²) >= 11 is 0. The Hall–Kier alpha value is -1.72. The first-order chi connectivity index (χ1) is 8.29. The van der Waals surface area contributed by atoms with Crippen molar-refractivity contribution in [3.8, 4) is 0 Å². The molecule has 0 amide bonds. The molecular weight excluding hydrogens is 218 g/mol. The van der Waals surface area contributed by atoms with E-state index in [1.165, 1.54) is 5.56 Å². The highest BCUT2D eigenvalue weighted by Gasteiger charge is 2.13. The molecule has 0 aliphatic rings. The number of rotatable bonds is 5. The fourth-order valence-corrected chi connectivity index (χ4v) is 1.50. The van der Waals surface area contributed by atoms with Crippen molar-refractivity contribution in [3.63, 3.8) is 0 Å². The maximum atomic E-state index is 8.85. The average Bonchev–Trinajstić information content (AvgIpc) is 2.85. The normalized spacial score (nSPS) is 12.6. The van der Waals surface area contributed by atoms with Crippen molar-refractivity contribution >= 4 is 0 Å². The molecule has 1 atom stereocenters. The van der Waals surface area contributed by atoms with Crippen LogP contribution in [0.25, 0.3) is 0 Å². The van der Waals surface area contributed by atoms with Gasteiger partial charge < -0.3 is 15.4 Å². The van der Waals surface area contributed by atoms with Crippen molar-refractivity contribution in [2.45, 2.75) is 18.9 Å². The van der Waals surface area contributed by atoms with Gasteiger partial charge in [0.1, 0.15) is 6.04 Å². The molecule has 3 N–H and O–H groups in total. The molecular formula is C12H15N3O2. The summed E-state index contributed by atoms with van der Waals surface area (Å²) in [6.07, 6.45) is 1.56. The minimum Gasteiger partial charge on any atom is -0.394 e. The van der Waals surface area contributed by atoms with Crippen molar-refractivity contribution in [2.75, 3.05) is 6.61 Å². The predicted octanol–water partition coefficient (Wildman–Crippen LogP) is 0.847. The van der Waals surface area contributed by atoms with Crippen LogP contribution in [-0.4, -0.2) is 21.9 Å². The topological polar surface area (TPSA) is 85.2 Å². The van der Waals surface area contributed by atoms with Gasteiger partial charge in [-0.1, -0.05) is 35.5 Å². The molecule has 0 fully saturated rings. The Kier molecular flexibility index (Phi) is 3.85. The first kappa shape index (κ1) is 11.8. The number of aromatic nitrogens is 2. The van der Waals surface area contributed by atoms with Gasteiger partial charge >= 0.3 is 0 Å². The largest absolute Gasteiger partial charge is 0.394 e. The van der Waals surface area contributed by atoms with Crippen LogP contribution in [0.15, 0.2) is 34.9 Å². The molecule has 1 aromatic carbocycles. The Bertz CT molecular complexity index is 456. The van der Waals surface area contributed by atoms with E-state index < -0.39 is 6.04 Å². The van der Waals surface area contributed by atoms with Gasteiger partial charge in [0, 0.05) is 6.42 Å². The van der Waals surface area contributed by atoms with Crippen molar-refractivity contribution in [2.24, 2.45) is 5.73 Å². The second-order valence-corrected chi connectivity index (χ2v) is 3.82. The van der Waals surface area contributed by atoms with Gasteiger partial charge in [-0.3, -0.25) is 0 Å². The Balaban J connectivity index is 1.94. The fourth-order valence-electron chi connectivity index (χ4n) is 1.50. The molecule has 17 heavy (non-hydrogen) atoms. The van der Waals surface area contributed by atoms with E-state index in [0.717, 1.165) is 6.42 Å². The Morgan fingerprint density at radius 1 is 1.24 bits per heavy atom. The third-order valence-electron chi connectivity index (χ3n) is 2.48. The van der Waals surface area contributed by atoms with E-state index in [1.807, 2.05) is 18.2 Å². The summed E-state index contributed by atoms with van der Waals surface area (Å²) in [7, 11) is 0. The molecule has 0 aliphatic carbocycles. The van der Waals surface area contributed by atoms with Gasteiger partial charge in [-0.15, -0.1) is 0 Å². The van der Waals surface area contributed by atoms with Crippen molar-refractivity contribution in [3.05, 3.63) is 47.6 Å². The average molecular weight is 233 g/mol. The fraction of sp³-hybridized carbons (Fsp3) is 0.333. The number of aliphatic hydroxyl groups is 1. The summed E-state index contributed by atoms with van der Waals surface area (Å²) in [4.78, 5) is 4.13. The van der Waals surface area contributed by atoms with Gasteiger partial charge in [0.15, 0.2) is 5.82 Å². The highest BCUT2D eigenvalue weighted by molar-refractivity contribution is 5.15. The first-order valence-electron chi connectivity index (χ1n) is 5.52. The maximum Gasteiger partial charge on any atom is 0.245 e. The molecule has 0 saturated carbocycles. The van der Waals surface area contributed by atoms with Gasteiger partial charge in [-0.2, -0.15) is 4.98 Å². The molecule has 1 aromatic heterocycles. The van der Waals surface area contributed by atoms with Gasteiger partial charge in [0.2, 0.25) is 5.89 Å². The molecule has 0 radical (unpaired) electrons. The molecule has 90 valence electrons. The summed E-state index contributed by atoms with van der Waals surface area (Å²) in [5.41, 5.74) is 6.80. The maximum absolute atomic E-state index is 8.85. The lowest BCUT2D eigenvalue weighted by Gasteiger charge is -1.98. The van der Waals surface area contributed by atoms with E-state index in [2.05, 4.69) is 22.3 Å². The second-order valence-electron chi connectivity index (χ2n) is 3.82. The smallest absolute Gasteiger partial charge is 0.245 e. The zero-order valence-corrected chi connectivity index (χ0v) is 9.41. The predicted molar refractivity (Wildman–Crippen MR) is 62.2 cm³/mol. The van der Waals surface area contributed by atoms with E-state index in [1.54, 1.807) is 0 Å². The number of nitrogens with two attached hydrogens (primary N) is 1. The summed E-state index contributed by atoms with van der Waals surface area (Å²) in [6.45, 7) is -0.194. The lowest BCUT2D eigenvalue weighted by molar-refractivity contribution is 0.236. The zero-order valence-electron chi connectivity index (χ0n) is 9.41. The third-order valence-corrected chi connectivity index (χ3v) is 2.48. The van der Waals surface area contributed by atoms with Gasteiger partial charge in [0.05, 0.1) is 6.61 Å². The molecule has 0 unspecified atom stereocenters. The number of aryl methyl sites for hydroxylation is 2. The Morgan fingerprint density at radius 3 is 2.71 bits per heavy atom. The zero-order chi connectivity index (χ0) is 12.1. The van der Waals surface area contributed by atoms with E-state index in [-0.39, 0.29) is 12.5 Å². The first-order valence-corrected chi connectivity index (χ1v) is 5.52. The summed E-state index contributed by atoms with van der Waals surface area (Å²) in [5, 5.41) is 12.7. The summed E-state index contributed by atoms with van der Waals surface area (Å²) in [6, 6.07) is 9.50. The quantitative estimate of drug-likeness (QED) is 0.799. The molecule has 0 aliphatic heterocycles. The lowest BCUT2D eigenvalue weighted by Crippen LogP contribution is -2.14. The molecule has 0 spiro atoms. The van der Waals surface area contributed by atoms with Crippen LogP contribution in [0.4, 0.5) is 0 Å². The van der Waals surface area contributed by atoms with E-state index >= 15 is 0 Å². The van der Waals surface area contributed by atoms with Gasteiger partial charge in [-0.05, 0) is 12.0 Å². The van der Waals surface area contributed by atoms with E-state index in [4.69, 9.17) is 15.4 Å². The summed E-state index contributed by atoms with van der Waals surface area (Å²) in [5.74, 6) is 0.906. The van der Waals surface area contributed by atoms with Crippen molar-refractivity contribution in [1.29, 1.82) is 0 Å². The van der Waals surface area contributed by atoms with E-state index in [9.17, 15) is 0 Å². The lowest BCUT2D eigenvalue weighted by atomic mass is 10.1.